The number of fused-ring (bicyclic) bond motifs is 1. The summed E-state index contributed by atoms with van der Waals surface area (Å²) in [6, 6.07) is 17.7. The first-order valence-electron chi connectivity index (χ1n) is 9.48. The molecule has 0 atom stereocenters. The molecule has 1 N–H and O–H groups in total. The van der Waals surface area contributed by atoms with Gasteiger partial charge in [0.15, 0.2) is 0 Å². The Balaban J connectivity index is 1.57. The zero-order chi connectivity index (χ0) is 22.1. The summed E-state index contributed by atoms with van der Waals surface area (Å²) >= 11 is 0. The second-order valence-corrected chi connectivity index (χ2v) is 7.07. The van der Waals surface area contributed by atoms with Gasteiger partial charge >= 0.3 is 5.97 Å². The lowest BCUT2D eigenvalue weighted by Gasteiger charge is -2.14. The number of methoxy groups -OCH3 is 1. The molecule has 1 heterocycles. The number of hydrogen-bond acceptors (Lipinski definition) is 5. The monoisotopic (exact) mass is 414 g/mol. The van der Waals surface area contributed by atoms with E-state index >= 15 is 0 Å². The summed E-state index contributed by atoms with van der Waals surface area (Å²) in [5, 5.41) is 2.71. The maximum Gasteiger partial charge on any atom is 0.337 e. The topological polar surface area (TPSA) is 92.8 Å². The van der Waals surface area contributed by atoms with Crippen molar-refractivity contribution in [3.8, 4) is 0 Å². The lowest BCUT2D eigenvalue weighted by atomic mass is 10.1. The minimum Gasteiger partial charge on any atom is -0.465 e. The Morgan fingerprint density at radius 3 is 2.19 bits per heavy atom. The summed E-state index contributed by atoms with van der Waals surface area (Å²) < 4.78 is 4.65. The third kappa shape index (κ3) is 3.69. The van der Waals surface area contributed by atoms with Crippen LogP contribution in [0.15, 0.2) is 66.7 Å². The third-order valence-electron chi connectivity index (χ3n) is 4.97. The van der Waals surface area contributed by atoms with Gasteiger partial charge in [0.05, 0.1) is 29.5 Å². The lowest BCUT2D eigenvalue weighted by molar-refractivity contribution is 0.0600. The highest BCUT2D eigenvalue weighted by Gasteiger charge is 2.37. The molecule has 0 fully saturated rings. The van der Waals surface area contributed by atoms with Crippen molar-refractivity contribution in [2.45, 2.75) is 6.92 Å². The van der Waals surface area contributed by atoms with Crippen molar-refractivity contribution < 1.29 is 23.9 Å². The maximum absolute atomic E-state index is 12.9. The van der Waals surface area contributed by atoms with Crippen molar-refractivity contribution in [1.82, 2.24) is 0 Å². The van der Waals surface area contributed by atoms with Gasteiger partial charge in [-0.1, -0.05) is 12.1 Å². The molecule has 0 aliphatic carbocycles. The van der Waals surface area contributed by atoms with Gasteiger partial charge in [-0.15, -0.1) is 0 Å². The molecule has 0 radical (unpaired) electrons. The number of esters is 1. The van der Waals surface area contributed by atoms with E-state index in [1.165, 1.54) is 37.4 Å². The minimum absolute atomic E-state index is 0.181. The number of aryl methyl sites for hydroxylation is 1. The van der Waals surface area contributed by atoms with Crippen molar-refractivity contribution in [2.24, 2.45) is 0 Å². The van der Waals surface area contributed by atoms with Gasteiger partial charge < -0.3 is 10.1 Å². The Bertz CT molecular complexity index is 1230. The summed E-state index contributed by atoms with van der Waals surface area (Å²) in [5.41, 5.74) is 2.92. The molecule has 0 saturated carbocycles. The van der Waals surface area contributed by atoms with Gasteiger partial charge in [-0.05, 0) is 67.1 Å². The first-order valence-corrected chi connectivity index (χ1v) is 9.48. The molecule has 3 amide bonds. The summed E-state index contributed by atoms with van der Waals surface area (Å²) in [4.78, 5) is 51.0. The SMILES string of the molecule is COC(=O)c1ccc(NC(=O)c2ccc3c(c2)C(=O)N(c2cccc(C)c2)C3=O)cc1. The van der Waals surface area contributed by atoms with E-state index < -0.39 is 23.7 Å². The van der Waals surface area contributed by atoms with Gasteiger partial charge in [-0.3, -0.25) is 14.4 Å². The fourth-order valence-electron chi connectivity index (χ4n) is 3.39. The highest BCUT2D eigenvalue weighted by atomic mass is 16.5. The Morgan fingerprint density at radius 1 is 0.839 bits per heavy atom. The van der Waals surface area contributed by atoms with E-state index in [1.54, 1.807) is 30.3 Å². The van der Waals surface area contributed by atoms with Gasteiger partial charge in [0.1, 0.15) is 0 Å². The Kier molecular flexibility index (Phi) is 5.09. The molecule has 154 valence electrons. The van der Waals surface area contributed by atoms with Crippen LogP contribution in [0, 0.1) is 6.92 Å². The molecule has 0 spiro atoms. The number of amides is 3. The van der Waals surface area contributed by atoms with E-state index in [9.17, 15) is 19.2 Å². The Morgan fingerprint density at radius 2 is 1.52 bits per heavy atom. The van der Waals surface area contributed by atoms with E-state index in [0.29, 0.717) is 16.9 Å². The summed E-state index contributed by atoms with van der Waals surface area (Å²) in [6.07, 6.45) is 0. The van der Waals surface area contributed by atoms with Gasteiger partial charge in [0, 0.05) is 11.3 Å². The van der Waals surface area contributed by atoms with Gasteiger partial charge in [-0.25, -0.2) is 9.69 Å². The number of ether oxygens (including phenoxy) is 1. The van der Waals surface area contributed by atoms with Gasteiger partial charge in [0.25, 0.3) is 17.7 Å². The van der Waals surface area contributed by atoms with Crippen LogP contribution in [0.25, 0.3) is 0 Å². The average Bonchev–Trinajstić information content (AvgIpc) is 3.03. The van der Waals surface area contributed by atoms with Crippen LogP contribution in [0.4, 0.5) is 11.4 Å². The summed E-state index contributed by atoms with van der Waals surface area (Å²) in [5.74, 6) is -1.81. The van der Waals surface area contributed by atoms with Crippen LogP contribution in [-0.4, -0.2) is 30.8 Å². The second kappa shape index (κ2) is 7.87. The van der Waals surface area contributed by atoms with Crippen molar-refractivity contribution in [3.63, 3.8) is 0 Å². The number of imide groups is 1. The van der Waals surface area contributed by atoms with Crippen LogP contribution in [0.5, 0.6) is 0 Å². The molecule has 3 aromatic carbocycles. The first kappa shape index (κ1) is 20.0. The highest BCUT2D eigenvalue weighted by Crippen LogP contribution is 2.29. The Labute approximate surface area is 178 Å². The maximum atomic E-state index is 12.9. The van der Waals surface area contributed by atoms with Crippen molar-refractivity contribution in [2.75, 3.05) is 17.3 Å². The molecule has 4 rings (SSSR count). The Hall–Kier alpha value is -4.26. The molecule has 0 unspecified atom stereocenters. The van der Waals surface area contributed by atoms with Crippen LogP contribution >= 0.6 is 0 Å². The van der Waals surface area contributed by atoms with E-state index in [2.05, 4.69) is 10.1 Å². The molecule has 31 heavy (non-hydrogen) atoms. The zero-order valence-corrected chi connectivity index (χ0v) is 16.8. The number of rotatable bonds is 4. The molecule has 7 nitrogen and oxygen atoms in total. The van der Waals surface area contributed by atoms with E-state index in [4.69, 9.17) is 0 Å². The van der Waals surface area contributed by atoms with Crippen LogP contribution < -0.4 is 10.2 Å². The molecule has 0 aromatic heterocycles. The molecule has 0 saturated heterocycles. The molecule has 3 aromatic rings. The van der Waals surface area contributed by atoms with Crippen molar-refractivity contribution >= 4 is 35.1 Å². The van der Waals surface area contributed by atoms with Gasteiger partial charge in [0.2, 0.25) is 0 Å². The minimum atomic E-state index is -0.474. The van der Waals surface area contributed by atoms with Crippen molar-refractivity contribution in [3.05, 3.63) is 94.5 Å². The summed E-state index contributed by atoms with van der Waals surface area (Å²) in [6.45, 7) is 1.88. The number of benzene rings is 3. The lowest BCUT2D eigenvalue weighted by Crippen LogP contribution is -2.29. The molecule has 7 heteroatoms. The second-order valence-electron chi connectivity index (χ2n) is 7.07. The third-order valence-corrected chi connectivity index (χ3v) is 4.97. The first-order chi connectivity index (χ1) is 14.9. The van der Waals surface area contributed by atoms with E-state index in [-0.39, 0.29) is 16.7 Å². The molecular weight excluding hydrogens is 396 g/mol. The largest absolute Gasteiger partial charge is 0.465 e. The zero-order valence-electron chi connectivity index (χ0n) is 16.8. The predicted octanol–water partition coefficient (Wildman–Crippen LogP) is 3.83. The quantitative estimate of drug-likeness (QED) is 0.517. The van der Waals surface area contributed by atoms with Gasteiger partial charge in [-0.2, -0.15) is 0 Å². The number of nitrogens with one attached hydrogen (secondary N) is 1. The number of nitrogens with zero attached hydrogens (tertiary/aromatic N) is 1. The van der Waals surface area contributed by atoms with Crippen LogP contribution in [0.2, 0.25) is 0 Å². The van der Waals surface area contributed by atoms with Crippen LogP contribution in [-0.2, 0) is 4.74 Å². The van der Waals surface area contributed by atoms with E-state index in [0.717, 1.165) is 10.5 Å². The standard InChI is InChI=1S/C24H18N2O5/c1-14-4-3-5-18(12-14)26-22(28)19-11-8-16(13-20(19)23(26)29)21(27)25-17-9-6-15(7-10-17)24(30)31-2/h3-13H,1-2H3,(H,25,27). The fraction of sp³-hybridized carbons (Fsp3) is 0.0833. The van der Waals surface area contributed by atoms with E-state index in [1.807, 2.05) is 13.0 Å². The number of carbonyl (C=O) groups is 4. The highest BCUT2D eigenvalue weighted by molar-refractivity contribution is 6.34. The molecule has 1 aliphatic heterocycles. The predicted molar refractivity (Wildman–Crippen MR) is 114 cm³/mol. The fourth-order valence-corrected chi connectivity index (χ4v) is 3.39. The number of carbonyl (C=O) groups excluding carboxylic acids is 4. The van der Waals surface area contributed by atoms with Crippen molar-refractivity contribution in [1.29, 1.82) is 0 Å². The van der Waals surface area contributed by atoms with Crippen LogP contribution in [0.1, 0.15) is 47.0 Å². The molecular formula is C24H18N2O5. The smallest absolute Gasteiger partial charge is 0.337 e. The molecule has 1 aliphatic rings. The number of anilines is 2. The molecule has 0 bridgehead atoms. The summed E-state index contributed by atoms with van der Waals surface area (Å²) in [7, 11) is 1.29. The average molecular weight is 414 g/mol. The number of hydrogen-bond donors (Lipinski definition) is 1. The normalized spacial score (nSPS) is 12.5. The van der Waals surface area contributed by atoms with Crippen LogP contribution in [0.3, 0.4) is 0 Å².